The lowest BCUT2D eigenvalue weighted by Gasteiger charge is -2.23. The van der Waals surface area contributed by atoms with E-state index in [4.69, 9.17) is 28.8 Å². The van der Waals surface area contributed by atoms with Crippen LogP contribution >= 0.6 is 60.7 Å². The van der Waals surface area contributed by atoms with Crippen molar-refractivity contribution in [1.82, 2.24) is 24.1 Å². The third kappa shape index (κ3) is 7.16. The Hall–Kier alpha value is -1.57. The summed E-state index contributed by atoms with van der Waals surface area (Å²) in [6, 6.07) is 8.87. The molecule has 3 aromatic heterocycles. The van der Waals surface area contributed by atoms with Crippen LogP contribution in [0.15, 0.2) is 54.0 Å². The van der Waals surface area contributed by atoms with Gasteiger partial charge in [-0.3, -0.25) is 27.5 Å². The summed E-state index contributed by atoms with van der Waals surface area (Å²) in [6.07, 6.45) is 0.785. The molecule has 9 atom stereocenters. The van der Waals surface area contributed by atoms with E-state index in [0.29, 0.717) is 16.6 Å². The molecule has 45 heavy (non-hydrogen) atoms. The van der Waals surface area contributed by atoms with Crippen molar-refractivity contribution >= 4 is 88.4 Å². The van der Waals surface area contributed by atoms with Gasteiger partial charge in [0, 0.05) is 27.8 Å². The molecule has 3 N–H and O–H groups in total. The Kier molecular flexibility index (Phi) is 9.74. The van der Waals surface area contributed by atoms with Crippen molar-refractivity contribution in [2.45, 2.75) is 48.0 Å². The van der Waals surface area contributed by atoms with Gasteiger partial charge in [-0.05, 0) is 17.5 Å². The Balaban J connectivity index is 1.15. The monoisotopic (exact) mass is 810 g/mol. The van der Waals surface area contributed by atoms with E-state index in [2.05, 4.69) is 62.0 Å². The minimum atomic E-state index is -4.18. The number of anilines is 1. The second-order valence-electron chi connectivity index (χ2n) is 10.6. The number of hydrogen-bond donors (Lipinski definition) is 4. The maximum absolute atomic E-state index is 13.5. The van der Waals surface area contributed by atoms with Crippen LogP contribution in [0.3, 0.4) is 0 Å². The van der Waals surface area contributed by atoms with Crippen LogP contribution in [0.25, 0.3) is 21.9 Å². The summed E-state index contributed by atoms with van der Waals surface area (Å²) in [5.41, 5.74) is 6.62. The van der Waals surface area contributed by atoms with Crippen molar-refractivity contribution in [2.75, 3.05) is 18.9 Å². The summed E-state index contributed by atoms with van der Waals surface area (Å²) in [5.74, 6) is 0.237. The molecule has 2 aliphatic heterocycles. The van der Waals surface area contributed by atoms with Gasteiger partial charge >= 0.3 is 13.6 Å². The molecule has 2 unspecified atom stereocenters. The average Bonchev–Trinajstić information content (AvgIpc) is 3.67. The van der Waals surface area contributed by atoms with Gasteiger partial charge in [0.2, 0.25) is 0 Å². The van der Waals surface area contributed by atoms with Crippen LogP contribution in [0.4, 0.5) is 5.82 Å². The summed E-state index contributed by atoms with van der Waals surface area (Å²) in [5, 5.41) is 1.24. The maximum atomic E-state index is 13.5. The number of nitrogens with two attached hydrogens (primary N) is 1. The third-order valence-corrected chi connectivity index (χ3v) is 12.1. The Morgan fingerprint density at radius 1 is 1.09 bits per heavy atom. The predicted molar refractivity (Wildman–Crippen MR) is 180 cm³/mol. The smallest absolute Gasteiger partial charge is 0.382 e. The molecule has 242 valence electrons. The number of fused-ring (bicyclic) bond motifs is 2. The lowest BCUT2D eigenvalue weighted by molar-refractivity contribution is -0.0416. The number of nitrogens with zero attached hydrogens (tertiary/aromatic N) is 5. The molecular weight excluding hydrogens is 781 g/mol. The topological polar surface area (TPSA) is 192 Å². The number of ether oxygens (including phenoxy) is 2. The molecule has 4 aromatic rings. The van der Waals surface area contributed by atoms with Gasteiger partial charge < -0.3 is 20.1 Å². The molecule has 0 spiro atoms. The van der Waals surface area contributed by atoms with E-state index in [9.17, 15) is 18.8 Å². The van der Waals surface area contributed by atoms with E-state index in [1.54, 1.807) is 35.3 Å². The van der Waals surface area contributed by atoms with Gasteiger partial charge in [0.1, 0.15) is 36.5 Å². The first kappa shape index (κ1) is 33.3. The van der Waals surface area contributed by atoms with Crippen LogP contribution in [0.1, 0.15) is 25.8 Å². The summed E-state index contributed by atoms with van der Waals surface area (Å²) < 4.78 is 57.1. The quantitative estimate of drug-likeness (QED) is 0.0757. The van der Waals surface area contributed by atoms with Crippen LogP contribution in [0.5, 0.6) is 0 Å². The van der Waals surface area contributed by atoms with Crippen molar-refractivity contribution in [1.29, 1.82) is 0 Å². The summed E-state index contributed by atoms with van der Waals surface area (Å²) >= 11 is 10.0. The highest BCUT2D eigenvalue weighted by atomic mass is 127. The van der Waals surface area contributed by atoms with Crippen molar-refractivity contribution in [3.8, 4) is 0 Å². The summed E-state index contributed by atoms with van der Waals surface area (Å²) in [6.45, 7) is -6.78. The minimum Gasteiger partial charge on any atom is -0.382 e. The molecule has 5 heterocycles. The van der Waals surface area contributed by atoms with Crippen molar-refractivity contribution < 1.29 is 37.1 Å². The van der Waals surface area contributed by atoms with Gasteiger partial charge in [-0.2, -0.15) is 0 Å². The molecule has 1 aromatic carbocycles. The zero-order valence-corrected chi connectivity index (χ0v) is 29.2. The SMILES string of the molecule is C[C@H]1[C@@H](I)[C@@H](COP(=O)(S)O[C@H]2C[C@H](n3ccc4ccccc4c3=O)O[C@@H]2COP(=O)(O)S)O[C@H]1n1cnc2c(N)ncnc21. The number of pyridine rings is 1. The molecule has 2 saturated heterocycles. The van der Waals surface area contributed by atoms with Crippen LogP contribution in [-0.4, -0.2) is 64.4 Å². The van der Waals surface area contributed by atoms with E-state index in [1.165, 1.54) is 10.9 Å². The van der Waals surface area contributed by atoms with Gasteiger partial charge in [0.15, 0.2) is 11.5 Å². The lowest BCUT2D eigenvalue weighted by Crippen LogP contribution is -2.29. The van der Waals surface area contributed by atoms with Gasteiger partial charge in [0.05, 0.1) is 25.6 Å². The van der Waals surface area contributed by atoms with E-state index in [-0.39, 0.29) is 34.2 Å². The second-order valence-corrected chi connectivity index (χ2v) is 17.7. The molecule has 2 fully saturated rings. The fourth-order valence-electron chi connectivity index (χ4n) is 5.48. The molecule has 6 rings (SSSR count). The molecule has 0 aliphatic carbocycles. The first-order chi connectivity index (χ1) is 21.3. The van der Waals surface area contributed by atoms with E-state index < -0.39 is 51.0 Å². The fraction of sp³-hybridized carbons (Fsp3) is 0.440. The number of rotatable bonds is 10. The van der Waals surface area contributed by atoms with E-state index in [1.807, 2.05) is 19.1 Å². The molecule has 0 saturated carbocycles. The van der Waals surface area contributed by atoms with Crippen LogP contribution in [0, 0.1) is 5.92 Å². The van der Waals surface area contributed by atoms with Gasteiger partial charge in [0.25, 0.3) is 5.56 Å². The van der Waals surface area contributed by atoms with Crippen molar-refractivity contribution in [3.05, 3.63) is 59.5 Å². The first-order valence-corrected chi connectivity index (χ1v) is 20.3. The van der Waals surface area contributed by atoms with E-state index >= 15 is 0 Å². The first-order valence-electron chi connectivity index (χ1n) is 13.6. The van der Waals surface area contributed by atoms with E-state index in [0.717, 1.165) is 5.39 Å². The molecule has 0 amide bonds. The lowest BCUT2D eigenvalue weighted by atomic mass is 10.1. The number of imidazole rings is 1. The van der Waals surface area contributed by atoms with Gasteiger partial charge in [-0.25, -0.2) is 24.1 Å². The second kappa shape index (κ2) is 13.1. The Morgan fingerprint density at radius 3 is 2.62 bits per heavy atom. The van der Waals surface area contributed by atoms with Crippen LogP contribution in [-0.2, 0) is 32.2 Å². The number of alkyl halides is 1. The molecule has 2 aliphatic rings. The number of nitrogen functional groups attached to an aromatic ring is 1. The number of halogens is 1. The Labute approximate surface area is 280 Å². The normalized spacial score (nSPS) is 29.7. The average molecular weight is 811 g/mol. The Bertz CT molecular complexity index is 1880. The zero-order valence-electron chi connectivity index (χ0n) is 23.5. The molecule has 20 heteroatoms. The zero-order chi connectivity index (χ0) is 32.1. The van der Waals surface area contributed by atoms with Gasteiger partial charge in [-0.15, -0.1) is 0 Å². The number of hydrogen-bond acceptors (Lipinski definition) is 12. The van der Waals surface area contributed by atoms with Crippen LogP contribution in [0.2, 0.25) is 0 Å². The summed E-state index contributed by atoms with van der Waals surface area (Å²) in [4.78, 5) is 35.4. The highest BCUT2D eigenvalue weighted by Gasteiger charge is 2.45. The standard InChI is InChI=1S/C25H29IN6O9P2S2/c1-13-20(26)18(40-25(13)32-12-30-21-22(27)28-11-29-23(21)32)10-38-43(36,45)41-16-8-19(39-17(16)9-37-42(34,35)44)31-7-6-14-4-2-3-5-15(14)24(31)33/h2-7,11-13,16-20,25H,8-10H2,1H3,(H,36,45)(H2,27,28,29)(H2,34,35,44)/t13-,16-,17+,18+,19+,20+,25+,43?/m0/s1. The number of aromatic nitrogens is 5. The highest BCUT2D eigenvalue weighted by Crippen LogP contribution is 2.57. The highest BCUT2D eigenvalue weighted by molar-refractivity contribution is 14.1. The van der Waals surface area contributed by atoms with Crippen molar-refractivity contribution in [3.63, 3.8) is 0 Å². The Morgan fingerprint density at radius 2 is 1.84 bits per heavy atom. The number of thiol groups is 2. The van der Waals surface area contributed by atoms with Gasteiger partial charge in [-0.1, -0.05) is 72.2 Å². The predicted octanol–water partition coefficient (Wildman–Crippen LogP) is 4.53. The molecule has 0 radical (unpaired) electrons. The maximum Gasteiger partial charge on any atom is 0.386 e. The summed E-state index contributed by atoms with van der Waals surface area (Å²) in [7, 11) is 0. The fourth-order valence-corrected chi connectivity index (χ4v) is 8.28. The minimum absolute atomic E-state index is 0.0193. The largest absolute Gasteiger partial charge is 0.386 e. The molecule has 0 bridgehead atoms. The van der Waals surface area contributed by atoms with Crippen LogP contribution < -0.4 is 11.3 Å². The molecule has 15 nitrogen and oxygen atoms in total. The third-order valence-electron chi connectivity index (χ3n) is 7.69. The van der Waals surface area contributed by atoms with Crippen molar-refractivity contribution in [2.24, 2.45) is 5.92 Å². The molecular formula is C25H29IN6O9P2S2. The number of benzene rings is 1.